The summed E-state index contributed by atoms with van der Waals surface area (Å²) >= 11 is 0. The van der Waals surface area contributed by atoms with Crippen LogP contribution >= 0.6 is 0 Å². The second kappa shape index (κ2) is 6.54. The first-order valence-electron chi connectivity index (χ1n) is 7.47. The molecule has 2 heterocycles. The van der Waals surface area contributed by atoms with Crippen molar-refractivity contribution in [1.82, 2.24) is 4.98 Å². The third kappa shape index (κ3) is 3.98. The monoisotopic (exact) mass is 335 g/mol. The van der Waals surface area contributed by atoms with E-state index in [1.54, 1.807) is 12.3 Å². The quantitative estimate of drug-likeness (QED) is 0.913. The van der Waals surface area contributed by atoms with E-state index in [1.165, 1.54) is 24.4 Å². The van der Waals surface area contributed by atoms with Gasteiger partial charge in [0, 0.05) is 19.3 Å². The lowest BCUT2D eigenvalue weighted by atomic mass is 10.2. The van der Waals surface area contributed by atoms with E-state index in [4.69, 9.17) is 0 Å². The lowest BCUT2D eigenvalue weighted by Gasteiger charge is -2.21. The molecular weight excluding hydrogens is 317 g/mol. The highest BCUT2D eigenvalue weighted by Gasteiger charge is 2.19. The van der Waals surface area contributed by atoms with Crippen LogP contribution in [0.25, 0.3) is 0 Å². The van der Waals surface area contributed by atoms with Gasteiger partial charge >= 0.3 is 0 Å². The molecule has 1 aliphatic rings. The summed E-state index contributed by atoms with van der Waals surface area (Å²) in [5, 5.41) is 0. The van der Waals surface area contributed by atoms with Gasteiger partial charge in [0.1, 0.15) is 5.82 Å². The molecule has 0 saturated carbocycles. The number of nitrogens with zero attached hydrogens (tertiary/aromatic N) is 2. The Morgan fingerprint density at radius 3 is 2.74 bits per heavy atom. The zero-order valence-corrected chi connectivity index (χ0v) is 13.4. The molecule has 0 aliphatic carbocycles. The first-order valence-corrected chi connectivity index (χ1v) is 9.13. The molecule has 0 amide bonds. The van der Waals surface area contributed by atoms with E-state index in [-0.39, 0.29) is 5.75 Å². The first-order chi connectivity index (χ1) is 11.0. The van der Waals surface area contributed by atoms with Crippen LogP contribution in [-0.2, 0) is 15.8 Å². The Hall–Kier alpha value is -2.15. The first kappa shape index (κ1) is 15.7. The maximum Gasteiger partial charge on any atom is 0.237 e. The molecule has 1 saturated heterocycles. The second-order valence-corrected chi connectivity index (χ2v) is 7.30. The van der Waals surface area contributed by atoms with E-state index in [2.05, 4.69) is 14.6 Å². The molecule has 122 valence electrons. The van der Waals surface area contributed by atoms with Crippen molar-refractivity contribution in [2.24, 2.45) is 0 Å². The van der Waals surface area contributed by atoms with E-state index in [1.807, 2.05) is 6.07 Å². The van der Waals surface area contributed by atoms with Gasteiger partial charge in [-0.3, -0.25) is 9.71 Å². The van der Waals surface area contributed by atoms with Crippen LogP contribution in [-0.4, -0.2) is 26.5 Å². The van der Waals surface area contributed by atoms with Crippen molar-refractivity contribution >= 4 is 21.4 Å². The molecule has 7 heteroatoms. The summed E-state index contributed by atoms with van der Waals surface area (Å²) in [6.45, 7) is 1.81. The third-order valence-corrected chi connectivity index (χ3v) is 5.00. The summed E-state index contributed by atoms with van der Waals surface area (Å²) in [5.74, 6) is -0.726. The van der Waals surface area contributed by atoms with Crippen molar-refractivity contribution in [3.63, 3.8) is 0 Å². The molecule has 2 aromatic rings. The van der Waals surface area contributed by atoms with E-state index in [0.29, 0.717) is 11.3 Å². The van der Waals surface area contributed by atoms with Gasteiger partial charge in [-0.2, -0.15) is 0 Å². The Kier molecular flexibility index (Phi) is 4.47. The normalized spacial score (nSPS) is 14.9. The van der Waals surface area contributed by atoms with E-state index < -0.39 is 15.8 Å². The number of sulfonamides is 1. The summed E-state index contributed by atoms with van der Waals surface area (Å²) in [5.41, 5.74) is 1.70. The minimum absolute atomic E-state index is 0.279. The van der Waals surface area contributed by atoms with Crippen LogP contribution in [0.15, 0.2) is 42.7 Å². The highest BCUT2D eigenvalue weighted by molar-refractivity contribution is 7.91. The van der Waals surface area contributed by atoms with Crippen molar-refractivity contribution < 1.29 is 12.8 Å². The maximum absolute atomic E-state index is 13.2. The molecule has 5 nitrogen and oxygen atoms in total. The average molecular weight is 335 g/mol. The number of rotatable bonds is 5. The Morgan fingerprint density at radius 2 is 2.00 bits per heavy atom. The van der Waals surface area contributed by atoms with Crippen LogP contribution in [0.3, 0.4) is 0 Å². The third-order valence-electron chi connectivity index (χ3n) is 3.76. The highest BCUT2D eigenvalue weighted by Crippen LogP contribution is 2.28. The lowest BCUT2D eigenvalue weighted by Crippen LogP contribution is -2.22. The minimum atomic E-state index is -3.64. The fourth-order valence-corrected chi connectivity index (χ4v) is 3.93. The molecule has 0 unspecified atom stereocenters. The molecule has 0 bridgehead atoms. The molecule has 0 spiro atoms. The van der Waals surface area contributed by atoms with Gasteiger partial charge in [0.25, 0.3) is 0 Å². The zero-order valence-electron chi connectivity index (χ0n) is 12.6. The van der Waals surface area contributed by atoms with Gasteiger partial charge < -0.3 is 4.90 Å². The van der Waals surface area contributed by atoms with Crippen LogP contribution < -0.4 is 9.62 Å². The van der Waals surface area contributed by atoms with E-state index >= 15 is 0 Å². The standard InChI is InChI=1S/C16H18FN3O2S/c17-14-5-3-4-13(10-14)12-23(21,22)19-15-11-18-7-6-16(15)20-8-1-2-9-20/h3-7,10-11,19H,1-2,8-9,12H2. The lowest BCUT2D eigenvalue weighted by molar-refractivity contribution is 0.599. The van der Waals surface area contributed by atoms with E-state index in [0.717, 1.165) is 31.6 Å². The highest BCUT2D eigenvalue weighted by atomic mass is 32.2. The number of benzene rings is 1. The number of hydrogen-bond donors (Lipinski definition) is 1. The second-order valence-electron chi connectivity index (χ2n) is 5.58. The SMILES string of the molecule is O=S(=O)(Cc1cccc(F)c1)Nc1cnccc1N1CCCC1. The van der Waals surface area contributed by atoms with Crippen LogP contribution in [0.1, 0.15) is 18.4 Å². The summed E-state index contributed by atoms with van der Waals surface area (Å²) in [7, 11) is -3.64. The fourth-order valence-electron chi connectivity index (χ4n) is 2.75. The van der Waals surface area contributed by atoms with Crippen molar-refractivity contribution in [1.29, 1.82) is 0 Å². The molecule has 23 heavy (non-hydrogen) atoms. The van der Waals surface area contributed by atoms with Crippen LogP contribution in [0.4, 0.5) is 15.8 Å². The summed E-state index contributed by atoms with van der Waals surface area (Å²) in [6.07, 6.45) is 5.35. The van der Waals surface area contributed by atoms with Gasteiger partial charge in [0.15, 0.2) is 0 Å². The molecule has 3 rings (SSSR count). The number of pyridine rings is 1. The zero-order chi connectivity index (χ0) is 16.3. The minimum Gasteiger partial charge on any atom is -0.370 e. The van der Waals surface area contributed by atoms with Gasteiger partial charge in [0.05, 0.1) is 23.3 Å². The van der Waals surface area contributed by atoms with Gasteiger partial charge in [0.2, 0.25) is 10.0 Å². The van der Waals surface area contributed by atoms with Crippen molar-refractivity contribution in [3.05, 3.63) is 54.1 Å². The van der Waals surface area contributed by atoms with Crippen LogP contribution in [0.2, 0.25) is 0 Å². The Morgan fingerprint density at radius 1 is 1.22 bits per heavy atom. The number of halogens is 1. The van der Waals surface area contributed by atoms with Gasteiger partial charge in [-0.15, -0.1) is 0 Å². The van der Waals surface area contributed by atoms with Crippen LogP contribution in [0, 0.1) is 5.82 Å². The van der Waals surface area contributed by atoms with Crippen LogP contribution in [0.5, 0.6) is 0 Å². The summed E-state index contributed by atoms with van der Waals surface area (Å²) in [4.78, 5) is 6.15. The topological polar surface area (TPSA) is 62.3 Å². The fraction of sp³-hybridized carbons (Fsp3) is 0.312. The number of anilines is 2. The average Bonchev–Trinajstić information content (AvgIpc) is 3.01. The summed E-state index contributed by atoms with van der Waals surface area (Å²) in [6, 6.07) is 7.41. The van der Waals surface area contributed by atoms with Gasteiger partial charge in [-0.25, -0.2) is 12.8 Å². The smallest absolute Gasteiger partial charge is 0.237 e. The molecule has 0 atom stereocenters. The predicted octanol–water partition coefficient (Wildman–Crippen LogP) is 2.76. The molecule has 1 fully saturated rings. The number of nitrogens with one attached hydrogen (secondary N) is 1. The number of hydrogen-bond acceptors (Lipinski definition) is 4. The Labute approximate surface area is 135 Å². The molecular formula is C16H18FN3O2S. The van der Waals surface area contributed by atoms with Gasteiger partial charge in [-0.1, -0.05) is 12.1 Å². The number of aromatic nitrogens is 1. The maximum atomic E-state index is 13.2. The van der Waals surface area contributed by atoms with Crippen molar-refractivity contribution in [3.8, 4) is 0 Å². The van der Waals surface area contributed by atoms with E-state index in [9.17, 15) is 12.8 Å². The van der Waals surface area contributed by atoms with Crippen molar-refractivity contribution in [2.75, 3.05) is 22.7 Å². The molecule has 1 aromatic heterocycles. The van der Waals surface area contributed by atoms with Crippen molar-refractivity contribution in [2.45, 2.75) is 18.6 Å². The predicted molar refractivity (Wildman–Crippen MR) is 88.3 cm³/mol. The molecule has 1 aromatic carbocycles. The summed E-state index contributed by atoms with van der Waals surface area (Å²) < 4.78 is 40.5. The Balaban J connectivity index is 1.80. The largest absolute Gasteiger partial charge is 0.370 e. The van der Waals surface area contributed by atoms with Gasteiger partial charge in [-0.05, 0) is 36.6 Å². The molecule has 1 N–H and O–H groups in total. The molecule has 0 radical (unpaired) electrons. The Bertz CT molecular complexity index is 789. The molecule has 1 aliphatic heterocycles.